The molecule has 6 nitrogen and oxygen atoms in total. The molecule has 1 aliphatic heterocycles. The topological polar surface area (TPSA) is 77.4 Å². The molecular weight excluding hydrogens is 244 g/mol. The van der Waals surface area contributed by atoms with Crippen molar-refractivity contribution in [1.29, 1.82) is 0 Å². The zero-order valence-electron chi connectivity index (χ0n) is 11.5. The van der Waals surface area contributed by atoms with E-state index in [1.54, 1.807) is 0 Å². The first-order valence-electron chi connectivity index (χ1n) is 7.13. The monoisotopic (exact) mass is 266 g/mol. The Morgan fingerprint density at radius 1 is 1.26 bits per heavy atom. The van der Waals surface area contributed by atoms with E-state index in [4.69, 9.17) is 15.0 Å². The highest BCUT2D eigenvalue weighted by Crippen LogP contribution is 2.37. The molecule has 2 heterocycles. The molecule has 2 aliphatic rings. The van der Waals surface area contributed by atoms with Crippen LogP contribution in [0.2, 0.25) is 0 Å². The van der Waals surface area contributed by atoms with Crippen molar-refractivity contribution in [2.75, 3.05) is 31.2 Å². The van der Waals surface area contributed by atoms with Crippen LogP contribution in [0.4, 0.5) is 5.95 Å². The highest BCUT2D eigenvalue weighted by molar-refractivity contribution is 5.29. The normalized spacial score (nSPS) is 32.5. The number of morpholine rings is 1. The van der Waals surface area contributed by atoms with Gasteiger partial charge < -0.3 is 19.9 Å². The third kappa shape index (κ3) is 2.60. The van der Waals surface area contributed by atoms with Gasteiger partial charge in [-0.05, 0) is 36.8 Å². The number of rotatable bonds is 2. The minimum Gasteiger partial charge on any atom is -0.378 e. The Labute approximate surface area is 113 Å². The molecule has 1 aliphatic carbocycles. The summed E-state index contributed by atoms with van der Waals surface area (Å²) in [6.45, 7) is 5.33. The van der Waals surface area contributed by atoms with Crippen LogP contribution in [0.25, 0.3) is 0 Å². The van der Waals surface area contributed by atoms with Crippen molar-refractivity contribution >= 4 is 5.95 Å². The Hall–Kier alpha value is -1.14. The van der Waals surface area contributed by atoms with Crippen molar-refractivity contribution in [2.24, 2.45) is 11.7 Å². The largest absolute Gasteiger partial charge is 0.378 e. The van der Waals surface area contributed by atoms with Gasteiger partial charge in [0.05, 0.1) is 18.8 Å². The van der Waals surface area contributed by atoms with E-state index in [1.165, 1.54) is 0 Å². The van der Waals surface area contributed by atoms with Gasteiger partial charge in [0.15, 0.2) is 0 Å². The summed E-state index contributed by atoms with van der Waals surface area (Å²) < 4.78 is 10.8. The lowest BCUT2D eigenvalue weighted by atomic mass is 9.78. The molecule has 1 aromatic heterocycles. The van der Waals surface area contributed by atoms with Crippen LogP contribution >= 0.6 is 0 Å². The van der Waals surface area contributed by atoms with Crippen LogP contribution in [0.3, 0.4) is 0 Å². The molecule has 1 saturated heterocycles. The third-order valence-corrected chi connectivity index (χ3v) is 4.30. The first-order chi connectivity index (χ1) is 9.17. The molecule has 1 aromatic rings. The van der Waals surface area contributed by atoms with Crippen molar-refractivity contribution in [3.8, 4) is 0 Å². The van der Waals surface area contributed by atoms with Gasteiger partial charge in [-0.2, -0.15) is 4.98 Å². The summed E-state index contributed by atoms with van der Waals surface area (Å²) in [5.41, 5.74) is 6.02. The summed E-state index contributed by atoms with van der Waals surface area (Å²) in [4.78, 5) is 6.61. The molecule has 0 atom stereocenters. The van der Waals surface area contributed by atoms with E-state index < -0.39 is 5.54 Å². The molecular formula is C13H22N4O2. The minimum atomic E-state index is -0.427. The number of nitrogens with two attached hydrogens (primary N) is 1. The van der Waals surface area contributed by atoms with Crippen molar-refractivity contribution in [1.82, 2.24) is 10.1 Å². The summed E-state index contributed by atoms with van der Waals surface area (Å²) in [7, 11) is 0. The fourth-order valence-electron chi connectivity index (χ4n) is 2.80. The maximum Gasteiger partial charge on any atom is 0.266 e. The van der Waals surface area contributed by atoms with Crippen LogP contribution in [-0.4, -0.2) is 36.4 Å². The van der Waals surface area contributed by atoms with Crippen molar-refractivity contribution in [3.05, 3.63) is 5.89 Å². The van der Waals surface area contributed by atoms with E-state index in [0.29, 0.717) is 11.8 Å². The zero-order valence-corrected chi connectivity index (χ0v) is 11.5. The van der Waals surface area contributed by atoms with Gasteiger partial charge in [-0.3, -0.25) is 0 Å². The predicted molar refractivity (Wildman–Crippen MR) is 70.8 cm³/mol. The Morgan fingerprint density at radius 2 is 1.95 bits per heavy atom. The van der Waals surface area contributed by atoms with E-state index in [9.17, 15) is 0 Å². The molecule has 0 unspecified atom stereocenters. The van der Waals surface area contributed by atoms with Gasteiger partial charge in [-0.15, -0.1) is 0 Å². The molecule has 6 heteroatoms. The van der Waals surface area contributed by atoms with Crippen LogP contribution in [0, 0.1) is 5.92 Å². The van der Waals surface area contributed by atoms with Crippen LogP contribution in [-0.2, 0) is 10.3 Å². The lowest BCUT2D eigenvalue weighted by Crippen LogP contribution is -2.41. The number of anilines is 1. The first kappa shape index (κ1) is 12.9. The maximum atomic E-state index is 6.45. The first-order valence-corrected chi connectivity index (χ1v) is 7.13. The van der Waals surface area contributed by atoms with Crippen molar-refractivity contribution < 1.29 is 9.26 Å². The standard InChI is InChI=1S/C13H22N4O2/c1-10-2-4-13(14,5-3-10)11-15-12(16-19-11)17-6-8-18-9-7-17/h10H,2-9,14H2,1H3. The Balaban J connectivity index is 1.73. The number of hydrogen-bond donors (Lipinski definition) is 1. The molecule has 0 radical (unpaired) electrons. The average molecular weight is 266 g/mol. The molecule has 1 saturated carbocycles. The minimum absolute atomic E-state index is 0.427. The summed E-state index contributed by atoms with van der Waals surface area (Å²) in [6, 6.07) is 0. The summed E-state index contributed by atoms with van der Waals surface area (Å²) in [5.74, 6) is 2.00. The second-order valence-corrected chi connectivity index (χ2v) is 5.84. The van der Waals surface area contributed by atoms with E-state index in [0.717, 1.165) is 57.9 Å². The highest BCUT2D eigenvalue weighted by atomic mass is 16.5. The van der Waals surface area contributed by atoms with Crippen LogP contribution < -0.4 is 10.6 Å². The van der Waals surface area contributed by atoms with Gasteiger partial charge in [-0.25, -0.2) is 0 Å². The smallest absolute Gasteiger partial charge is 0.266 e. The third-order valence-electron chi connectivity index (χ3n) is 4.30. The molecule has 3 rings (SSSR count). The fraction of sp³-hybridized carbons (Fsp3) is 0.846. The average Bonchev–Trinajstić information content (AvgIpc) is 2.94. The van der Waals surface area contributed by atoms with E-state index in [-0.39, 0.29) is 0 Å². The fourth-order valence-corrected chi connectivity index (χ4v) is 2.80. The number of nitrogens with zero attached hydrogens (tertiary/aromatic N) is 3. The van der Waals surface area contributed by atoms with E-state index in [1.807, 2.05) is 0 Å². The Kier molecular flexibility index (Phi) is 3.45. The van der Waals surface area contributed by atoms with Crippen LogP contribution in [0.5, 0.6) is 0 Å². The van der Waals surface area contributed by atoms with E-state index >= 15 is 0 Å². The van der Waals surface area contributed by atoms with Crippen LogP contribution in [0.15, 0.2) is 4.52 Å². The number of aromatic nitrogens is 2. The summed E-state index contributed by atoms with van der Waals surface area (Å²) in [6.07, 6.45) is 4.12. The summed E-state index contributed by atoms with van der Waals surface area (Å²) in [5, 5.41) is 4.08. The van der Waals surface area contributed by atoms with Gasteiger partial charge in [0.2, 0.25) is 5.89 Å². The highest BCUT2D eigenvalue weighted by Gasteiger charge is 2.37. The van der Waals surface area contributed by atoms with Gasteiger partial charge in [0, 0.05) is 13.1 Å². The molecule has 0 spiro atoms. The quantitative estimate of drug-likeness (QED) is 0.868. The van der Waals surface area contributed by atoms with Crippen LogP contribution in [0.1, 0.15) is 38.5 Å². The Bertz CT molecular complexity index is 420. The van der Waals surface area contributed by atoms with Gasteiger partial charge >= 0.3 is 0 Å². The number of ether oxygens (including phenoxy) is 1. The van der Waals surface area contributed by atoms with E-state index in [2.05, 4.69) is 22.0 Å². The SMILES string of the molecule is CC1CCC(N)(c2nc(N3CCOCC3)no2)CC1. The molecule has 0 amide bonds. The Morgan fingerprint density at radius 3 is 2.63 bits per heavy atom. The molecule has 2 N–H and O–H groups in total. The van der Waals surface area contributed by atoms with Crippen molar-refractivity contribution in [2.45, 2.75) is 38.1 Å². The number of hydrogen-bond acceptors (Lipinski definition) is 6. The maximum absolute atomic E-state index is 6.45. The molecule has 106 valence electrons. The second kappa shape index (κ2) is 5.09. The summed E-state index contributed by atoms with van der Waals surface area (Å²) >= 11 is 0. The van der Waals surface area contributed by atoms with Gasteiger partial charge in [-0.1, -0.05) is 6.92 Å². The second-order valence-electron chi connectivity index (χ2n) is 5.84. The molecule has 19 heavy (non-hydrogen) atoms. The lowest BCUT2D eigenvalue weighted by Gasteiger charge is -2.32. The lowest BCUT2D eigenvalue weighted by molar-refractivity contribution is 0.121. The molecule has 0 aromatic carbocycles. The predicted octanol–water partition coefficient (Wildman–Crippen LogP) is 1.27. The van der Waals surface area contributed by atoms with Gasteiger partial charge in [0.1, 0.15) is 0 Å². The molecule has 2 fully saturated rings. The zero-order chi connectivity index (χ0) is 13.3. The van der Waals surface area contributed by atoms with Gasteiger partial charge in [0.25, 0.3) is 5.95 Å². The molecule has 0 bridgehead atoms. The van der Waals surface area contributed by atoms with Crippen molar-refractivity contribution in [3.63, 3.8) is 0 Å².